The predicted octanol–water partition coefficient (Wildman–Crippen LogP) is 15.1. The molecule has 0 aliphatic rings. The first kappa shape index (κ1) is 63.7. The van der Waals surface area contributed by atoms with E-state index in [9.17, 15) is 34.1 Å². The van der Waals surface area contributed by atoms with Gasteiger partial charge in [0.1, 0.15) is 12.7 Å². The van der Waals surface area contributed by atoms with Crippen LogP contribution >= 0.6 is 7.82 Å². The Morgan fingerprint density at radius 3 is 1.27 bits per heavy atom. The van der Waals surface area contributed by atoms with Crippen LogP contribution in [0.25, 0.3) is 0 Å². The molecular formula is C54H100NO10P. The van der Waals surface area contributed by atoms with Crippen LogP contribution in [-0.2, 0) is 32.7 Å². The maximum absolute atomic E-state index is 12.4. The number of carbonyl (C=O) groups is 3. The molecule has 3 atom stereocenters. The first-order valence-corrected chi connectivity index (χ1v) is 28.5. The number of aliphatic hydroxyl groups excluding tert-OH is 1. The van der Waals surface area contributed by atoms with E-state index in [4.69, 9.17) is 13.8 Å². The Balaban J connectivity index is 3.78. The lowest BCUT2D eigenvalue weighted by atomic mass is 10.0. The second-order valence-electron chi connectivity index (χ2n) is 18.4. The van der Waals surface area contributed by atoms with Crippen molar-refractivity contribution in [2.75, 3.05) is 19.8 Å². The fourth-order valence-electron chi connectivity index (χ4n) is 7.70. The number of hydrogen-bond acceptors (Lipinski definition) is 8. The summed E-state index contributed by atoms with van der Waals surface area (Å²) in [6, 6.07) is -1.55. The van der Waals surface area contributed by atoms with Gasteiger partial charge in [0.25, 0.3) is 0 Å². The predicted molar refractivity (Wildman–Crippen MR) is 272 cm³/mol. The molecule has 0 rings (SSSR count). The summed E-state index contributed by atoms with van der Waals surface area (Å²) < 4.78 is 27.0. The number of hydrogen-bond donors (Lipinski definition) is 4. The number of unbranched alkanes of at least 4 members (excludes halogenated alkanes) is 31. The molecule has 0 spiro atoms. The molecule has 0 aliphatic heterocycles. The second kappa shape index (κ2) is 49.1. The molecule has 0 saturated carbocycles. The fraction of sp³-hybridized carbons (Fsp3) is 0.833. The average Bonchev–Trinajstić information content (AvgIpc) is 3.29. The Bertz CT molecular complexity index is 1260. The van der Waals surface area contributed by atoms with E-state index in [1.807, 2.05) is 0 Å². The molecule has 0 saturated heterocycles. The van der Waals surface area contributed by atoms with Crippen molar-refractivity contribution in [2.45, 2.75) is 270 Å². The van der Waals surface area contributed by atoms with Crippen molar-refractivity contribution >= 4 is 25.7 Å². The number of rotatable bonds is 51. The van der Waals surface area contributed by atoms with Gasteiger partial charge in [0.05, 0.1) is 13.2 Å². The lowest BCUT2D eigenvalue weighted by molar-refractivity contribution is -0.147. The third kappa shape index (κ3) is 48.2. The third-order valence-corrected chi connectivity index (χ3v) is 12.9. The number of allylic oxidation sites excluding steroid dienone is 6. The Morgan fingerprint density at radius 2 is 0.833 bits per heavy atom. The van der Waals surface area contributed by atoms with Crippen LogP contribution in [0, 0.1) is 0 Å². The Hall–Kier alpha value is -2.30. The lowest BCUT2D eigenvalue weighted by Crippen LogP contribution is -2.43. The minimum Gasteiger partial charge on any atom is -0.480 e. The van der Waals surface area contributed by atoms with Crippen LogP contribution in [0.2, 0.25) is 0 Å². The normalized spacial score (nSPS) is 13.8. The minimum absolute atomic E-state index is 0.145. The first-order chi connectivity index (χ1) is 32.1. The van der Waals surface area contributed by atoms with Gasteiger partial charge < -0.3 is 25.2 Å². The van der Waals surface area contributed by atoms with Crippen molar-refractivity contribution in [3.63, 3.8) is 0 Å². The minimum atomic E-state index is -4.76. The number of carbonyl (C=O) groups excluding carboxylic acids is 2. The second-order valence-corrected chi connectivity index (χ2v) is 19.9. The van der Waals surface area contributed by atoms with E-state index in [0.29, 0.717) is 12.8 Å². The molecule has 386 valence electrons. The molecule has 0 aliphatic carbocycles. The highest BCUT2D eigenvalue weighted by atomic mass is 31.2. The molecule has 12 heteroatoms. The summed E-state index contributed by atoms with van der Waals surface area (Å²) in [5, 5.41) is 22.0. The number of phosphoric acid groups is 1. The van der Waals surface area contributed by atoms with E-state index in [-0.39, 0.29) is 12.8 Å². The summed E-state index contributed by atoms with van der Waals surface area (Å²) in [7, 11) is -4.76. The summed E-state index contributed by atoms with van der Waals surface area (Å²) in [6.07, 6.45) is 55.9. The van der Waals surface area contributed by atoms with Gasteiger partial charge in [-0.25, -0.2) is 9.36 Å². The van der Waals surface area contributed by atoms with Crippen LogP contribution in [-0.4, -0.2) is 64.9 Å². The van der Waals surface area contributed by atoms with Gasteiger partial charge in [0, 0.05) is 12.8 Å². The summed E-state index contributed by atoms with van der Waals surface area (Å²) in [5.74, 6) is -2.36. The molecule has 0 radical (unpaired) electrons. The molecule has 3 unspecified atom stereocenters. The molecule has 1 amide bonds. The van der Waals surface area contributed by atoms with E-state index >= 15 is 0 Å². The Labute approximate surface area is 403 Å². The van der Waals surface area contributed by atoms with Crippen LogP contribution in [0.5, 0.6) is 0 Å². The van der Waals surface area contributed by atoms with Crippen LogP contribution in [0.4, 0.5) is 0 Å². The van der Waals surface area contributed by atoms with Gasteiger partial charge in [-0.3, -0.25) is 18.6 Å². The van der Waals surface area contributed by atoms with Crippen molar-refractivity contribution in [1.82, 2.24) is 5.32 Å². The monoisotopic (exact) mass is 954 g/mol. The van der Waals surface area contributed by atoms with Crippen molar-refractivity contribution in [3.05, 3.63) is 36.5 Å². The van der Waals surface area contributed by atoms with Gasteiger partial charge >= 0.3 is 19.8 Å². The molecule has 0 aromatic rings. The highest BCUT2D eigenvalue weighted by Gasteiger charge is 2.28. The standard InChI is InChI=1S/C54H100NO10P/c1-3-5-7-9-11-13-15-17-19-21-23-24-25-26-28-30-32-34-36-38-40-42-44-46-53(58)63-47-50(56)48-64-66(61,62)65-49-51(54(59)60)55-52(57)45-43-41-39-37-35-33-31-29-27-22-20-18-16-14-12-10-8-6-4-2/h11,13,17-20,50-51,56H,3-10,12,14-16,21-49H2,1-2H3,(H,55,57)(H,59,60)(H,61,62)/b13-11-,19-17-,20-18+. The van der Waals surface area contributed by atoms with E-state index in [1.165, 1.54) is 173 Å². The van der Waals surface area contributed by atoms with Crippen molar-refractivity contribution in [1.29, 1.82) is 0 Å². The third-order valence-electron chi connectivity index (χ3n) is 11.9. The van der Waals surface area contributed by atoms with Gasteiger partial charge in [0.2, 0.25) is 5.91 Å². The maximum atomic E-state index is 12.4. The van der Waals surface area contributed by atoms with Crippen LogP contribution < -0.4 is 5.32 Å². The maximum Gasteiger partial charge on any atom is 0.472 e. The zero-order valence-electron chi connectivity index (χ0n) is 42.3. The average molecular weight is 954 g/mol. The number of carboxylic acids is 1. The van der Waals surface area contributed by atoms with E-state index in [0.717, 1.165) is 44.9 Å². The lowest BCUT2D eigenvalue weighted by Gasteiger charge is -2.18. The zero-order valence-corrected chi connectivity index (χ0v) is 43.2. The van der Waals surface area contributed by atoms with Crippen molar-refractivity contribution < 1.29 is 47.8 Å². The molecule has 0 heterocycles. The van der Waals surface area contributed by atoms with E-state index < -0.39 is 57.6 Å². The number of amides is 1. The molecule has 11 nitrogen and oxygen atoms in total. The number of ether oxygens (including phenoxy) is 1. The smallest absolute Gasteiger partial charge is 0.472 e. The summed E-state index contributed by atoms with van der Waals surface area (Å²) >= 11 is 0. The highest BCUT2D eigenvalue weighted by molar-refractivity contribution is 7.47. The molecule has 66 heavy (non-hydrogen) atoms. The molecule has 0 bridgehead atoms. The summed E-state index contributed by atoms with van der Waals surface area (Å²) in [5.41, 5.74) is 0. The van der Waals surface area contributed by atoms with Gasteiger partial charge in [0.15, 0.2) is 6.04 Å². The molecule has 0 fully saturated rings. The van der Waals surface area contributed by atoms with Gasteiger partial charge in [-0.2, -0.15) is 0 Å². The summed E-state index contributed by atoms with van der Waals surface area (Å²) in [6.45, 7) is 2.61. The van der Waals surface area contributed by atoms with Gasteiger partial charge in [-0.05, 0) is 70.6 Å². The van der Waals surface area contributed by atoms with Crippen LogP contribution in [0.15, 0.2) is 36.5 Å². The molecular weight excluding hydrogens is 854 g/mol. The first-order valence-electron chi connectivity index (χ1n) is 27.0. The zero-order chi connectivity index (χ0) is 48.4. The molecule has 0 aromatic carbocycles. The van der Waals surface area contributed by atoms with Crippen LogP contribution in [0.1, 0.15) is 258 Å². The largest absolute Gasteiger partial charge is 0.480 e. The van der Waals surface area contributed by atoms with E-state index in [1.54, 1.807) is 0 Å². The summed E-state index contributed by atoms with van der Waals surface area (Å²) in [4.78, 5) is 46.2. The highest BCUT2D eigenvalue weighted by Crippen LogP contribution is 2.43. The van der Waals surface area contributed by atoms with Crippen molar-refractivity contribution in [2.24, 2.45) is 0 Å². The topological polar surface area (TPSA) is 169 Å². The number of esters is 1. The molecule has 0 aromatic heterocycles. The number of phosphoric ester groups is 1. The van der Waals surface area contributed by atoms with Gasteiger partial charge in [-0.15, -0.1) is 0 Å². The van der Waals surface area contributed by atoms with Crippen LogP contribution in [0.3, 0.4) is 0 Å². The quantitative estimate of drug-likeness (QED) is 0.0199. The Kier molecular flexibility index (Phi) is 47.4. The number of nitrogens with one attached hydrogen (secondary N) is 1. The van der Waals surface area contributed by atoms with Gasteiger partial charge in [-0.1, -0.05) is 211 Å². The van der Waals surface area contributed by atoms with E-state index in [2.05, 4.69) is 55.6 Å². The number of aliphatic carboxylic acids is 1. The molecule has 4 N–H and O–H groups in total. The van der Waals surface area contributed by atoms with Crippen molar-refractivity contribution in [3.8, 4) is 0 Å². The number of carboxylic acid groups (broad SMARTS) is 1. The number of aliphatic hydroxyl groups is 1. The Morgan fingerprint density at radius 1 is 0.485 bits per heavy atom. The SMILES string of the molecule is CCCCC/C=C\C/C=C\CCCCCCCCCCCCCCCC(=O)OCC(O)COP(=O)(O)OCC(NC(=O)CCCCCCCCCCC/C=C/CCCCCCCC)C(=O)O. The fourth-order valence-corrected chi connectivity index (χ4v) is 8.47.